The van der Waals surface area contributed by atoms with E-state index in [1.165, 1.54) is 11.8 Å². The zero-order valence-electron chi connectivity index (χ0n) is 27.3. The van der Waals surface area contributed by atoms with Crippen LogP contribution in [0.5, 0.6) is 28.7 Å². The highest BCUT2D eigenvalue weighted by atomic mass is 32.2. The van der Waals surface area contributed by atoms with E-state index >= 15 is 0 Å². The molecule has 2 amide bonds. The number of amides is 2. The molecule has 0 saturated carbocycles. The van der Waals surface area contributed by atoms with E-state index in [4.69, 9.17) is 28.7 Å². The third kappa shape index (κ3) is 8.91. The number of thioether (sulfide) groups is 1. The number of fused-ring (bicyclic) bond motifs is 2. The summed E-state index contributed by atoms with van der Waals surface area (Å²) < 4.78 is 28.4. The Balaban J connectivity index is 1.16. The zero-order chi connectivity index (χ0) is 33.9. The largest absolute Gasteiger partial charge is 0.497 e. The predicted molar refractivity (Wildman–Crippen MR) is 182 cm³/mol. The van der Waals surface area contributed by atoms with Gasteiger partial charge in [0.1, 0.15) is 5.75 Å². The smallest absolute Gasteiger partial charge is 0.262 e. The fraction of sp³-hybridized carbons (Fsp3) is 0.371. The molecular weight excluding hydrogens is 636 g/mol. The number of methoxy groups -OCH3 is 3. The van der Waals surface area contributed by atoms with Crippen LogP contribution in [0.25, 0.3) is 10.9 Å². The second-order valence-electron chi connectivity index (χ2n) is 11.1. The Morgan fingerprint density at radius 3 is 2.35 bits per heavy atom. The van der Waals surface area contributed by atoms with Crippen LogP contribution in [0.1, 0.15) is 36.8 Å². The fourth-order valence-corrected chi connectivity index (χ4v) is 6.08. The Labute approximate surface area is 283 Å². The van der Waals surface area contributed by atoms with E-state index in [-0.39, 0.29) is 29.9 Å². The number of nitrogens with zero attached hydrogens (tertiary/aromatic N) is 2. The van der Waals surface area contributed by atoms with E-state index < -0.39 is 0 Å². The monoisotopic (exact) mass is 676 g/mol. The van der Waals surface area contributed by atoms with Crippen LogP contribution in [0.2, 0.25) is 0 Å². The first-order chi connectivity index (χ1) is 23.4. The van der Waals surface area contributed by atoms with Gasteiger partial charge >= 0.3 is 0 Å². The molecule has 48 heavy (non-hydrogen) atoms. The lowest BCUT2D eigenvalue weighted by atomic mass is 10.1. The number of unbranched alkanes of at least 4 members (excludes halogenated alkanes) is 2. The molecular formula is C35H40N4O8S. The Morgan fingerprint density at radius 1 is 0.854 bits per heavy atom. The number of hydrogen-bond acceptors (Lipinski definition) is 10. The average molecular weight is 677 g/mol. The third-order valence-electron chi connectivity index (χ3n) is 7.86. The van der Waals surface area contributed by atoms with Crippen molar-refractivity contribution in [3.8, 4) is 28.7 Å². The standard InChI is InChI=1S/C35H40N4O8S/c1-43-25-11-8-24(9-12-25)20-37-32(40)7-5-4-6-16-39-34(42)26-18-30-31(47-22-46-30)19-27(26)38-35(39)48-21-33(41)36-15-14-23-10-13-28(44-2)29(17-23)45-3/h8-13,17-19H,4-7,14-16,20-22H2,1-3H3,(H,36,41)(H,37,40). The summed E-state index contributed by atoms with van der Waals surface area (Å²) >= 11 is 1.21. The molecule has 0 spiro atoms. The first kappa shape index (κ1) is 34.4. The van der Waals surface area contributed by atoms with E-state index in [1.807, 2.05) is 42.5 Å². The van der Waals surface area contributed by atoms with Crippen LogP contribution in [0, 0.1) is 0 Å². The molecule has 1 aromatic heterocycles. The average Bonchev–Trinajstić information content (AvgIpc) is 3.57. The summed E-state index contributed by atoms with van der Waals surface area (Å²) in [5.74, 6) is 2.96. The van der Waals surface area contributed by atoms with Gasteiger partial charge in [-0.05, 0) is 60.7 Å². The summed E-state index contributed by atoms with van der Waals surface area (Å²) in [7, 11) is 4.78. The molecule has 254 valence electrons. The number of rotatable bonds is 17. The number of benzene rings is 3. The van der Waals surface area contributed by atoms with Gasteiger partial charge in [-0.3, -0.25) is 19.0 Å². The lowest BCUT2D eigenvalue weighted by Crippen LogP contribution is -2.28. The van der Waals surface area contributed by atoms with Crippen molar-refractivity contribution in [2.45, 2.75) is 50.4 Å². The quantitative estimate of drug-likeness (QED) is 0.0935. The van der Waals surface area contributed by atoms with Gasteiger partial charge in [0.05, 0.1) is 38.0 Å². The lowest BCUT2D eigenvalue weighted by Gasteiger charge is -2.14. The first-order valence-electron chi connectivity index (χ1n) is 15.7. The minimum Gasteiger partial charge on any atom is -0.497 e. The molecule has 0 aliphatic carbocycles. The van der Waals surface area contributed by atoms with Gasteiger partial charge < -0.3 is 34.3 Å². The van der Waals surface area contributed by atoms with Crippen molar-refractivity contribution in [3.05, 3.63) is 76.1 Å². The number of carbonyl (C=O) groups is 2. The fourth-order valence-electron chi connectivity index (χ4n) is 5.23. The summed E-state index contributed by atoms with van der Waals surface area (Å²) in [6, 6.07) is 16.6. The molecule has 3 aromatic carbocycles. The highest BCUT2D eigenvalue weighted by molar-refractivity contribution is 7.99. The van der Waals surface area contributed by atoms with Crippen molar-refractivity contribution in [2.24, 2.45) is 0 Å². The molecule has 4 aromatic rings. The van der Waals surface area contributed by atoms with Gasteiger partial charge in [-0.1, -0.05) is 36.4 Å². The number of aromatic nitrogens is 2. The molecule has 0 bridgehead atoms. The lowest BCUT2D eigenvalue weighted by molar-refractivity contribution is -0.121. The number of ether oxygens (including phenoxy) is 5. The van der Waals surface area contributed by atoms with Crippen LogP contribution in [-0.2, 0) is 29.1 Å². The van der Waals surface area contributed by atoms with E-state index in [1.54, 1.807) is 38.0 Å². The molecule has 0 saturated heterocycles. The maximum absolute atomic E-state index is 13.7. The van der Waals surface area contributed by atoms with Crippen molar-refractivity contribution in [3.63, 3.8) is 0 Å². The molecule has 0 fully saturated rings. The Bertz CT molecular complexity index is 1790. The summed E-state index contributed by atoms with van der Waals surface area (Å²) in [4.78, 5) is 43.6. The Hall–Kier alpha value is -4.91. The zero-order valence-corrected chi connectivity index (χ0v) is 28.2. The highest BCUT2D eigenvalue weighted by Gasteiger charge is 2.20. The summed E-state index contributed by atoms with van der Waals surface area (Å²) in [6.07, 6.45) is 3.07. The molecule has 2 N–H and O–H groups in total. The van der Waals surface area contributed by atoms with E-state index in [2.05, 4.69) is 10.6 Å². The van der Waals surface area contributed by atoms with Crippen LogP contribution >= 0.6 is 11.8 Å². The molecule has 12 nitrogen and oxygen atoms in total. The van der Waals surface area contributed by atoms with Crippen molar-refractivity contribution in [1.29, 1.82) is 0 Å². The van der Waals surface area contributed by atoms with E-state index in [9.17, 15) is 14.4 Å². The molecule has 0 unspecified atom stereocenters. The van der Waals surface area contributed by atoms with Crippen LogP contribution in [-0.4, -0.2) is 61.8 Å². The van der Waals surface area contributed by atoms with E-state index in [0.29, 0.717) is 84.4 Å². The predicted octanol–water partition coefficient (Wildman–Crippen LogP) is 4.48. The minimum absolute atomic E-state index is 0.0279. The van der Waals surface area contributed by atoms with Gasteiger partial charge in [0.2, 0.25) is 18.6 Å². The van der Waals surface area contributed by atoms with Crippen molar-refractivity contribution in [2.75, 3.05) is 40.4 Å². The van der Waals surface area contributed by atoms with Crippen molar-refractivity contribution < 1.29 is 33.3 Å². The normalized spacial score (nSPS) is 11.7. The molecule has 5 rings (SSSR count). The van der Waals surface area contributed by atoms with Crippen LogP contribution in [0.15, 0.2) is 64.5 Å². The van der Waals surface area contributed by atoms with Crippen LogP contribution in [0.4, 0.5) is 0 Å². The van der Waals surface area contributed by atoms with E-state index in [0.717, 1.165) is 23.3 Å². The van der Waals surface area contributed by atoms with Crippen LogP contribution in [0.3, 0.4) is 0 Å². The molecule has 2 heterocycles. The Morgan fingerprint density at radius 2 is 1.60 bits per heavy atom. The maximum atomic E-state index is 13.7. The molecule has 0 atom stereocenters. The third-order valence-corrected chi connectivity index (χ3v) is 8.84. The van der Waals surface area contributed by atoms with Crippen molar-refractivity contribution in [1.82, 2.24) is 20.2 Å². The second-order valence-corrected chi connectivity index (χ2v) is 12.0. The summed E-state index contributed by atoms with van der Waals surface area (Å²) in [5, 5.41) is 6.75. The van der Waals surface area contributed by atoms with Gasteiger partial charge in [-0.2, -0.15) is 0 Å². The van der Waals surface area contributed by atoms with Gasteiger partial charge in [-0.15, -0.1) is 0 Å². The highest BCUT2D eigenvalue weighted by Crippen LogP contribution is 2.35. The van der Waals surface area contributed by atoms with Gasteiger partial charge in [0.25, 0.3) is 5.56 Å². The number of nitrogens with one attached hydrogen (secondary N) is 2. The van der Waals surface area contributed by atoms with Gasteiger partial charge in [-0.25, -0.2) is 4.98 Å². The Kier molecular flexibility index (Phi) is 12.0. The summed E-state index contributed by atoms with van der Waals surface area (Å²) in [6.45, 7) is 1.36. The SMILES string of the molecule is COc1ccc(CNC(=O)CCCCCn2c(SCC(=O)NCCc3ccc(OC)c(OC)c3)nc3cc4c(cc3c2=O)OCO4)cc1. The van der Waals surface area contributed by atoms with Gasteiger partial charge in [0.15, 0.2) is 28.2 Å². The van der Waals surface area contributed by atoms with Gasteiger partial charge in [0, 0.05) is 32.1 Å². The maximum Gasteiger partial charge on any atom is 0.262 e. The molecule has 1 aliphatic rings. The minimum atomic E-state index is -0.216. The first-order valence-corrected chi connectivity index (χ1v) is 16.7. The molecule has 1 aliphatic heterocycles. The van der Waals surface area contributed by atoms with Crippen LogP contribution < -0.4 is 39.9 Å². The van der Waals surface area contributed by atoms with Crippen molar-refractivity contribution >= 4 is 34.5 Å². The second kappa shape index (κ2) is 16.8. The number of hydrogen-bond donors (Lipinski definition) is 2. The number of carbonyl (C=O) groups excluding carboxylic acids is 2. The summed E-state index contributed by atoms with van der Waals surface area (Å²) in [5.41, 5.74) is 2.25. The molecule has 0 radical (unpaired) electrons. The molecule has 13 heteroatoms. The topological polar surface area (TPSA) is 139 Å².